The number of ether oxygens (including phenoxy) is 1. The van der Waals surface area contributed by atoms with Crippen molar-refractivity contribution in [3.05, 3.63) is 56.8 Å². The molecule has 0 bridgehead atoms. The number of carbonyl (C=O) groups excluding carboxylic acids is 1. The number of imidazole rings is 1. The van der Waals surface area contributed by atoms with Crippen LogP contribution in [0.2, 0.25) is 5.15 Å². The number of carbonyl (C=O) groups is 1. The Bertz CT molecular complexity index is 995. The minimum Gasteiger partial charge on any atom is -0.462 e. The Morgan fingerprint density at radius 3 is 2.69 bits per heavy atom. The quantitative estimate of drug-likeness (QED) is 0.381. The number of hydrogen-bond acceptors (Lipinski definition) is 3. The maximum atomic E-state index is 12.6. The van der Waals surface area contributed by atoms with Crippen molar-refractivity contribution < 1.29 is 9.53 Å². The molecular weight excluding hydrogens is 416 g/mol. The van der Waals surface area contributed by atoms with Gasteiger partial charge in [0.25, 0.3) is 0 Å². The maximum absolute atomic E-state index is 12.6. The Hall–Kier alpha value is -1.85. The summed E-state index contributed by atoms with van der Waals surface area (Å²) in [4.78, 5) is 17.3. The summed E-state index contributed by atoms with van der Waals surface area (Å²) >= 11 is 10.1. The second-order valence-corrected chi connectivity index (χ2v) is 8.01. The van der Waals surface area contributed by atoms with Crippen molar-refractivity contribution in [1.29, 1.82) is 0 Å². The number of benzene rings is 1. The lowest BCUT2D eigenvalue weighted by atomic mass is 10.1. The maximum Gasteiger partial charge on any atom is 0.341 e. The normalized spacial score (nSPS) is 11.3. The van der Waals surface area contributed by atoms with Crippen LogP contribution in [0.25, 0.3) is 16.9 Å². The van der Waals surface area contributed by atoms with Crippen molar-refractivity contribution in [2.75, 3.05) is 6.61 Å². The summed E-state index contributed by atoms with van der Waals surface area (Å²) in [5, 5.41) is 0.325. The van der Waals surface area contributed by atoms with Gasteiger partial charge in [-0.15, -0.1) is 0 Å². The molecule has 26 heavy (non-hydrogen) atoms. The van der Waals surface area contributed by atoms with Crippen molar-refractivity contribution in [2.45, 2.75) is 27.7 Å². The first-order chi connectivity index (χ1) is 12.3. The molecule has 3 rings (SSSR count). The number of fused-ring (bicyclic) bond motifs is 1. The van der Waals surface area contributed by atoms with Crippen LogP contribution in [0.4, 0.5) is 0 Å². The Balaban J connectivity index is 2.14. The zero-order chi connectivity index (χ0) is 19.0. The van der Waals surface area contributed by atoms with Gasteiger partial charge in [-0.05, 0) is 43.0 Å². The van der Waals surface area contributed by atoms with Gasteiger partial charge in [0.1, 0.15) is 10.8 Å². The van der Waals surface area contributed by atoms with Gasteiger partial charge in [-0.1, -0.05) is 53.5 Å². The Kier molecular flexibility index (Phi) is 5.39. The summed E-state index contributed by atoms with van der Waals surface area (Å²) in [6, 6.07) is 7.90. The molecule has 0 spiro atoms. The van der Waals surface area contributed by atoms with Crippen LogP contribution in [0.1, 0.15) is 35.3 Å². The number of halogens is 2. The highest BCUT2D eigenvalue weighted by Gasteiger charge is 2.22. The van der Waals surface area contributed by atoms with Crippen LogP contribution in [0.3, 0.4) is 0 Å². The minimum absolute atomic E-state index is 0.263. The van der Waals surface area contributed by atoms with Gasteiger partial charge in [0.2, 0.25) is 0 Å². The Morgan fingerprint density at radius 2 is 2.04 bits per heavy atom. The highest BCUT2D eigenvalue weighted by molar-refractivity contribution is 9.10. The van der Waals surface area contributed by atoms with E-state index in [0.29, 0.717) is 17.3 Å². The number of aryl methyl sites for hydroxylation is 1. The van der Waals surface area contributed by atoms with E-state index >= 15 is 0 Å². The molecule has 3 aromatic rings. The van der Waals surface area contributed by atoms with E-state index < -0.39 is 5.97 Å². The summed E-state index contributed by atoms with van der Waals surface area (Å²) in [5.74, 6) is -0.136. The molecule has 0 unspecified atom stereocenters. The average molecular weight is 436 g/mol. The van der Waals surface area contributed by atoms with E-state index in [9.17, 15) is 4.79 Å². The number of nitrogens with zero attached hydrogens (tertiary/aromatic N) is 2. The van der Waals surface area contributed by atoms with E-state index in [4.69, 9.17) is 21.3 Å². The van der Waals surface area contributed by atoms with Gasteiger partial charge in [-0.2, -0.15) is 0 Å². The molecule has 0 aliphatic carbocycles. The molecule has 4 nitrogen and oxygen atoms in total. The first kappa shape index (κ1) is 18.9. The molecule has 136 valence electrons. The third-order valence-electron chi connectivity index (χ3n) is 4.27. The second-order valence-electron chi connectivity index (χ2n) is 6.74. The summed E-state index contributed by atoms with van der Waals surface area (Å²) in [6.45, 7) is 8.17. The molecule has 0 aliphatic rings. The number of aromatic nitrogens is 2. The van der Waals surface area contributed by atoms with Gasteiger partial charge in [-0.25, -0.2) is 9.78 Å². The van der Waals surface area contributed by atoms with Crippen LogP contribution in [0.15, 0.2) is 34.9 Å². The van der Waals surface area contributed by atoms with Crippen LogP contribution in [0.5, 0.6) is 0 Å². The zero-order valence-electron chi connectivity index (χ0n) is 15.1. The first-order valence-electron chi connectivity index (χ1n) is 8.40. The third-order valence-corrected chi connectivity index (χ3v) is 5.13. The lowest BCUT2D eigenvalue weighted by Gasteiger charge is -2.14. The fourth-order valence-electron chi connectivity index (χ4n) is 2.76. The smallest absolute Gasteiger partial charge is 0.341 e. The van der Waals surface area contributed by atoms with Gasteiger partial charge in [-0.3, -0.25) is 4.40 Å². The predicted octanol–water partition coefficient (Wildman–Crippen LogP) is 5.85. The number of esters is 1. The minimum atomic E-state index is -0.399. The summed E-state index contributed by atoms with van der Waals surface area (Å²) in [6.07, 6.45) is 1.85. The van der Waals surface area contributed by atoms with E-state index in [1.165, 1.54) is 0 Å². The van der Waals surface area contributed by atoms with Crippen molar-refractivity contribution in [3.8, 4) is 11.3 Å². The number of pyridine rings is 1. The van der Waals surface area contributed by atoms with Gasteiger partial charge < -0.3 is 4.74 Å². The fraction of sp³-hybridized carbons (Fsp3) is 0.300. The van der Waals surface area contributed by atoms with Crippen molar-refractivity contribution in [2.24, 2.45) is 5.92 Å². The van der Waals surface area contributed by atoms with Crippen LogP contribution in [0, 0.1) is 19.8 Å². The molecule has 2 heterocycles. The SMILES string of the molecule is Cc1c(C(=O)OCC(C)C)c(Cl)n2cc(-c3cccc(Br)c3)nc2c1C. The predicted molar refractivity (Wildman–Crippen MR) is 108 cm³/mol. The average Bonchev–Trinajstić information content (AvgIpc) is 3.04. The van der Waals surface area contributed by atoms with E-state index in [1.54, 1.807) is 4.40 Å². The molecule has 0 amide bonds. The number of hydrogen-bond donors (Lipinski definition) is 0. The molecule has 0 aliphatic heterocycles. The molecule has 0 N–H and O–H groups in total. The Morgan fingerprint density at radius 1 is 1.31 bits per heavy atom. The standard InChI is InChI=1S/C20H20BrClN2O2/c1-11(2)10-26-20(25)17-12(3)13(4)19-23-16(9-24(19)18(17)22)14-6-5-7-15(21)8-14/h5-9,11H,10H2,1-4H3. The van der Waals surface area contributed by atoms with Crippen molar-refractivity contribution in [3.63, 3.8) is 0 Å². The molecule has 0 fully saturated rings. The van der Waals surface area contributed by atoms with E-state index in [1.807, 2.05) is 58.2 Å². The molecular formula is C20H20BrClN2O2. The van der Waals surface area contributed by atoms with E-state index in [-0.39, 0.29) is 5.92 Å². The summed E-state index contributed by atoms with van der Waals surface area (Å²) in [5.41, 5.74) is 4.61. The van der Waals surface area contributed by atoms with E-state index in [0.717, 1.165) is 32.5 Å². The number of rotatable bonds is 4. The van der Waals surface area contributed by atoms with Crippen LogP contribution >= 0.6 is 27.5 Å². The van der Waals surface area contributed by atoms with Gasteiger partial charge in [0, 0.05) is 16.2 Å². The molecule has 6 heteroatoms. The first-order valence-corrected chi connectivity index (χ1v) is 9.57. The monoisotopic (exact) mass is 434 g/mol. The van der Waals surface area contributed by atoms with E-state index in [2.05, 4.69) is 15.9 Å². The molecule has 0 saturated heterocycles. The summed E-state index contributed by atoms with van der Waals surface area (Å²) in [7, 11) is 0. The largest absolute Gasteiger partial charge is 0.462 e. The van der Waals surface area contributed by atoms with Gasteiger partial charge >= 0.3 is 5.97 Å². The van der Waals surface area contributed by atoms with Gasteiger partial charge in [0.05, 0.1) is 17.9 Å². The second kappa shape index (κ2) is 7.41. The summed E-state index contributed by atoms with van der Waals surface area (Å²) < 4.78 is 8.13. The molecule has 0 radical (unpaired) electrons. The molecule has 0 atom stereocenters. The van der Waals surface area contributed by atoms with Crippen molar-refractivity contribution >= 4 is 39.1 Å². The molecule has 2 aromatic heterocycles. The fourth-order valence-corrected chi connectivity index (χ4v) is 3.51. The molecule has 1 aromatic carbocycles. The highest BCUT2D eigenvalue weighted by atomic mass is 79.9. The zero-order valence-corrected chi connectivity index (χ0v) is 17.5. The van der Waals surface area contributed by atoms with Crippen LogP contribution in [-0.2, 0) is 4.74 Å². The Labute approximate surface area is 166 Å². The lowest BCUT2D eigenvalue weighted by Crippen LogP contribution is -2.14. The van der Waals surface area contributed by atoms with Crippen LogP contribution < -0.4 is 0 Å². The van der Waals surface area contributed by atoms with Crippen LogP contribution in [-0.4, -0.2) is 22.0 Å². The topological polar surface area (TPSA) is 43.6 Å². The van der Waals surface area contributed by atoms with Gasteiger partial charge in [0.15, 0.2) is 0 Å². The lowest BCUT2D eigenvalue weighted by molar-refractivity contribution is 0.0457. The van der Waals surface area contributed by atoms with Crippen molar-refractivity contribution in [1.82, 2.24) is 9.38 Å². The highest BCUT2D eigenvalue weighted by Crippen LogP contribution is 2.31. The third kappa shape index (κ3) is 3.51. The molecule has 0 saturated carbocycles.